The Morgan fingerprint density at radius 1 is 1.50 bits per heavy atom. The van der Waals surface area contributed by atoms with Crippen molar-refractivity contribution in [2.24, 2.45) is 0 Å². The minimum atomic E-state index is -0.323. The number of hydrogen-bond donors (Lipinski definition) is 1. The van der Waals surface area contributed by atoms with Crippen LogP contribution < -0.4 is 5.43 Å². The summed E-state index contributed by atoms with van der Waals surface area (Å²) in [6.07, 6.45) is 0. The summed E-state index contributed by atoms with van der Waals surface area (Å²) in [4.78, 5) is 11.9. The molecule has 1 rings (SSSR count). The van der Waals surface area contributed by atoms with Crippen LogP contribution in [-0.2, 0) is 0 Å². The van der Waals surface area contributed by atoms with Crippen LogP contribution in [0.3, 0.4) is 0 Å². The van der Waals surface area contributed by atoms with Crippen LogP contribution in [0, 0.1) is 0 Å². The molecule has 0 aliphatic heterocycles. The molecule has 0 bridgehead atoms. The highest BCUT2D eigenvalue weighted by molar-refractivity contribution is 7.99. The van der Waals surface area contributed by atoms with Gasteiger partial charge in [-0.25, -0.2) is 0 Å². The maximum atomic E-state index is 11.1. The molecule has 64 valence electrons. The molecule has 0 spiro atoms. The van der Waals surface area contributed by atoms with Crippen molar-refractivity contribution >= 4 is 11.8 Å². The molecule has 1 aromatic carbocycles. The van der Waals surface area contributed by atoms with Gasteiger partial charge in [-0.3, -0.25) is 4.79 Å². The van der Waals surface area contributed by atoms with Crippen molar-refractivity contribution in [3.63, 3.8) is 0 Å². The molecular formula is C9H10O2S. The van der Waals surface area contributed by atoms with Gasteiger partial charge in [0.25, 0.3) is 0 Å². The quantitative estimate of drug-likeness (QED) is 0.709. The van der Waals surface area contributed by atoms with Crippen LogP contribution in [-0.4, -0.2) is 10.9 Å². The summed E-state index contributed by atoms with van der Waals surface area (Å²) in [6.45, 7) is 2.02. The zero-order chi connectivity index (χ0) is 8.97. The van der Waals surface area contributed by atoms with Crippen LogP contribution in [0.4, 0.5) is 0 Å². The Morgan fingerprint density at radius 3 is 2.92 bits per heavy atom. The lowest BCUT2D eigenvalue weighted by molar-refractivity contribution is 0.471. The van der Waals surface area contributed by atoms with Crippen LogP contribution in [0.2, 0.25) is 0 Å². The summed E-state index contributed by atoms with van der Waals surface area (Å²) in [7, 11) is 0. The van der Waals surface area contributed by atoms with Crippen LogP contribution in [0.1, 0.15) is 6.92 Å². The fourth-order valence-corrected chi connectivity index (χ4v) is 1.52. The van der Waals surface area contributed by atoms with E-state index in [1.165, 1.54) is 12.1 Å². The lowest BCUT2D eigenvalue weighted by Gasteiger charge is -1.89. The summed E-state index contributed by atoms with van der Waals surface area (Å²) < 4.78 is 0. The fourth-order valence-electron chi connectivity index (χ4n) is 0.824. The first-order valence-corrected chi connectivity index (χ1v) is 4.68. The van der Waals surface area contributed by atoms with Gasteiger partial charge in [0.15, 0.2) is 5.75 Å². The normalized spacial score (nSPS) is 9.75. The molecule has 0 saturated carbocycles. The molecule has 3 heteroatoms. The number of thioether (sulfide) groups is 1. The van der Waals surface area contributed by atoms with E-state index in [4.69, 9.17) is 5.11 Å². The van der Waals surface area contributed by atoms with E-state index in [0.29, 0.717) is 0 Å². The van der Waals surface area contributed by atoms with Gasteiger partial charge in [-0.2, -0.15) is 0 Å². The van der Waals surface area contributed by atoms with Crippen molar-refractivity contribution in [3.8, 4) is 5.75 Å². The molecule has 0 radical (unpaired) electrons. The van der Waals surface area contributed by atoms with Gasteiger partial charge in [0.2, 0.25) is 5.43 Å². The van der Waals surface area contributed by atoms with E-state index in [-0.39, 0.29) is 11.2 Å². The lowest BCUT2D eigenvalue weighted by atomic mass is 10.5. The number of rotatable bonds is 2. The second-order valence-corrected chi connectivity index (χ2v) is 3.59. The largest absolute Gasteiger partial charge is 0.504 e. The van der Waals surface area contributed by atoms with Gasteiger partial charge in [-0.05, 0) is 17.9 Å². The SMILES string of the molecule is CCSc1cccc(O)c(=O)c1. The summed E-state index contributed by atoms with van der Waals surface area (Å²) in [6, 6.07) is 6.34. The monoisotopic (exact) mass is 182 g/mol. The Kier molecular flexibility index (Phi) is 3.17. The average molecular weight is 182 g/mol. The fraction of sp³-hybridized carbons (Fsp3) is 0.222. The number of hydrogen-bond acceptors (Lipinski definition) is 3. The molecule has 0 unspecified atom stereocenters. The van der Waals surface area contributed by atoms with Gasteiger partial charge in [-0.15, -0.1) is 11.8 Å². The topological polar surface area (TPSA) is 37.3 Å². The molecule has 0 amide bonds. The maximum absolute atomic E-state index is 11.1. The molecule has 0 atom stereocenters. The van der Waals surface area contributed by atoms with E-state index in [0.717, 1.165) is 10.6 Å². The Morgan fingerprint density at radius 2 is 2.25 bits per heavy atom. The minimum absolute atomic E-state index is 0.196. The summed E-state index contributed by atoms with van der Waals surface area (Å²) in [5, 5.41) is 9.05. The van der Waals surface area contributed by atoms with E-state index < -0.39 is 0 Å². The van der Waals surface area contributed by atoms with Crippen LogP contribution in [0.5, 0.6) is 5.75 Å². The predicted molar refractivity (Wildman–Crippen MR) is 50.8 cm³/mol. The Labute approximate surface area is 75.3 Å². The zero-order valence-corrected chi connectivity index (χ0v) is 7.60. The molecule has 2 nitrogen and oxygen atoms in total. The van der Waals surface area contributed by atoms with Crippen molar-refractivity contribution in [1.29, 1.82) is 0 Å². The molecule has 0 heterocycles. The van der Waals surface area contributed by atoms with Crippen molar-refractivity contribution in [3.05, 3.63) is 34.5 Å². The first-order valence-electron chi connectivity index (χ1n) is 3.70. The van der Waals surface area contributed by atoms with Gasteiger partial charge < -0.3 is 5.11 Å². The first-order chi connectivity index (χ1) is 5.74. The summed E-state index contributed by atoms with van der Waals surface area (Å²) >= 11 is 1.58. The molecule has 0 saturated heterocycles. The Hall–Kier alpha value is -0.960. The van der Waals surface area contributed by atoms with Crippen LogP contribution >= 0.6 is 11.8 Å². The predicted octanol–water partition coefficient (Wildman–Crippen LogP) is 1.86. The van der Waals surface area contributed by atoms with Gasteiger partial charge in [0, 0.05) is 11.0 Å². The summed E-state index contributed by atoms with van der Waals surface area (Å²) in [5.41, 5.74) is -0.323. The molecule has 0 aromatic heterocycles. The highest BCUT2D eigenvalue weighted by Crippen LogP contribution is 2.14. The standard InChI is InChI=1S/C9H10O2S/c1-2-12-7-4-3-5-8(10)9(11)6-7/h3-6H,2H2,1H3,(H,10,11). The van der Waals surface area contributed by atoms with Crippen LogP contribution in [0.15, 0.2) is 34.0 Å². The van der Waals surface area contributed by atoms with Crippen molar-refractivity contribution in [1.82, 2.24) is 0 Å². The molecule has 0 fully saturated rings. The van der Waals surface area contributed by atoms with E-state index in [1.807, 2.05) is 13.0 Å². The Bertz CT molecular complexity index is 323. The third kappa shape index (κ3) is 2.27. The average Bonchev–Trinajstić information content (AvgIpc) is 2.16. The van der Waals surface area contributed by atoms with E-state index in [9.17, 15) is 4.79 Å². The molecular weight excluding hydrogens is 172 g/mol. The van der Waals surface area contributed by atoms with Gasteiger partial charge in [-0.1, -0.05) is 13.0 Å². The molecule has 12 heavy (non-hydrogen) atoms. The summed E-state index contributed by atoms with van der Waals surface area (Å²) in [5.74, 6) is 0.725. The molecule has 0 aliphatic rings. The second-order valence-electron chi connectivity index (χ2n) is 2.25. The van der Waals surface area contributed by atoms with Crippen molar-refractivity contribution in [2.45, 2.75) is 11.8 Å². The maximum Gasteiger partial charge on any atom is 0.221 e. The molecule has 0 aliphatic carbocycles. The zero-order valence-electron chi connectivity index (χ0n) is 6.78. The number of aromatic hydroxyl groups is 1. The molecule has 1 aromatic rings. The lowest BCUT2D eigenvalue weighted by Crippen LogP contribution is -1.92. The highest BCUT2D eigenvalue weighted by Gasteiger charge is 1.94. The van der Waals surface area contributed by atoms with E-state index >= 15 is 0 Å². The third-order valence-electron chi connectivity index (χ3n) is 1.35. The third-order valence-corrected chi connectivity index (χ3v) is 2.23. The highest BCUT2D eigenvalue weighted by atomic mass is 32.2. The van der Waals surface area contributed by atoms with E-state index in [2.05, 4.69) is 0 Å². The minimum Gasteiger partial charge on any atom is -0.504 e. The van der Waals surface area contributed by atoms with E-state index in [1.54, 1.807) is 17.8 Å². The second kappa shape index (κ2) is 4.16. The van der Waals surface area contributed by atoms with Gasteiger partial charge in [0.05, 0.1) is 0 Å². The molecule has 1 N–H and O–H groups in total. The van der Waals surface area contributed by atoms with Gasteiger partial charge in [0.1, 0.15) is 0 Å². The van der Waals surface area contributed by atoms with Crippen LogP contribution in [0.25, 0.3) is 0 Å². The Balaban J connectivity index is 3.13. The smallest absolute Gasteiger partial charge is 0.221 e. The van der Waals surface area contributed by atoms with Crippen molar-refractivity contribution < 1.29 is 5.11 Å². The first kappa shape index (κ1) is 9.13. The van der Waals surface area contributed by atoms with Gasteiger partial charge >= 0.3 is 0 Å². The van der Waals surface area contributed by atoms with Crippen molar-refractivity contribution in [2.75, 3.05) is 5.75 Å².